The number of amides is 2. The van der Waals surface area contributed by atoms with Crippen LogP contribution in [0.3, 0.4) is 0 Å². The molecule has 2 aliphatic heterocycles. The Labute approximate surface area is 164 Å². The summed E-state index contributed by atoms with van der Waals surface area (Å²) in [6.45, 7) is 6.10. The number of aromatic nitrogens is 1. The van der Waals surface area contributed by atoms with Gasteiger partial charge in [0.25, 0.3) is 0 Å². The first-order chi connectivity index (χ1) is 13.0. The summed E-state index contributed by atoms with van der Waals surface area (Å²) in [5.74, 6) is 0.526. The Balaban J connectivity index is 1.44. The van der Waals surface area contributed by atoms with Crippen molar-refractivity contribution in [3.05, 3.63) is 29.3 Å². The molecule has 0 aliphatic carbocycles. The number of hydrogen-bond acceptors (Lipinski definition) is 4. The van der Waals surface area contributed by atoms with Crippen LogP contribution < -0.4 is 0 Å². The molecule has 4 rings (SSSR count). The molecule has 1 aromatic carbocycles. The molecule has 1 unspecified atom stereocenters. The van der Waals surface area contributed by atoms with Gasteiger partial charge in [0.15, 0.2) is 0 Å². The largest absolute Gasteiger partial charge is 0.342 e. The molecule has 0 radical (unpaired) electrons. The third-order valence-electron chi connectivity index (χ3n) is 5.78. The maximum atomic E-state index is 13.2. The highest BCUT2D eigenvalue weighted by atomic mass is 32.1. The Morgan fingerprint density at radius 3 is 2.56 bits per heavy atom. The van der Waals surface area contributed by atoms with E-state index in [-0.39, 0.29) is 29.7 Å². The van der Waals surface area contributed by atoms with E-state index in [4.69, 9.17) is 4.98 Å². The first-order valence-corrected chi connectivity index (χ1v) is 10.8. The number of carbonyl (C=O) groups excluding carboxylic acids is 2. The van der Waals surface area contributed by atoms with E-state index in [1.165, 1.54) is 4.70 Å². The number of likely N-dealkylation sites (tertiary alicyclic amines) is 2. The van der Waals surface area contributed by atoms with Crippen LogP contribution in [0.25, 0.3) is 10.2 Å². The predicted octanol–water partition coefficient (Wildman–Crippen LogP) is 3.85. The van der Waals surface area contributed by atoms with Gasteiger partial charge in [0.05, 0.1) is 16.3 Å². The maximum Gasteiger partial charge on any atom is 0.226 e. The zero-order valence-corrected chi connectivity index (χ0v) is 16.9. The fourth-order valence-electron chi connectivity index (χ4n) is 4.27. The number of piperidine rings is 1. The second-order valence-corrected chi connectivity index (χ2v) is 9.03. The number of thiazole rings is 1. The second kappa shape index (κ2) is 7.58. The number of hydrogen-bond donors (Lipinski definition) is 0. The van der Waals surface area contributed by atoms with Gasteiger partial charge in [0.2, 0.25) is 11.8 Å². The van der Waals surface area contributed by atoms with Gasteiger partial charge in [-0.2, -0.15) is 0 Å². The predicted molar refractivity (Wildman–Crippen MR) is 107 cm³/mol. The smallest absolute Gasteiger partial charge is 0.226 e. The average Bonchev–Trinajstić information content (AvgIpc) is 3.33. The summed E-state index contributed by atoms with van der Waals surface area (Å²) in [5, 5.41) is 1.06. The summed E-state index contributed by atoms with van der Waals surface area (Å²) >= 11 is 1.71. The average molecular weight is 386 g/mol. The lowest BCUT2D eigenvalue weighted by molar-refractivity contribution is -0.142. The summed E-state index contributed by atoms with van der Waals surface area (Å²) in [7, 11) is 0. The third-order valence-corrected chi connectivity index (χ3v) is 6.92. The SMILES string of the molecule is CC(C)C(=O)N1CCC(C(=O)N2CCCC2c2nc3ccccc3s2)CC1. The fraction of sp³-hybridized carbons (Fsp3) is 0.571. The van der Waals surface area contributed by atoms with E-state index in [0.29, 0.717) is 13.1 Å². The van der Waals surface area contributed by atoms with Crippen molar-refractivity contribution in [2.75, 3.05) is 19.6 Å². The quantitative estimate of drug-likeness (QED) is 0.806. The molecule has 2 amide bonds. The van der Waals surface area contributed by atoms with E-state index in [2.05, 4.69) is 11.0 Å². The van der Waals surface area contributed by atoms with Crippen molar-refractivity contribution in [3.8, 4) is 0 Å². The van der Waals surface area contributed by atoms with Gasteiger partial charge >= 0.3 is 0 Å². The summed E-state index contributed by atoms with van der Waals surface area (Å²) in [4.78, 5) is 34.2. The maximum absolute atomic E-state index is 13.2. The van der Waals surface area contributed by atoms with Gasteiger partial charge in [-0.1, -0.05) is 26.0 Å². The molecule has 0 N–H and O–H groups in total. The van der Waals surface area contributed by atoms with Crippen LogP contribution in [0.1, 0.15) is 50.6 Å². The Morgan fingerprint density at radius 1 is 1.11 bits per heavy atom. The second-order valence-electron chi connectivity index (χ2n) is 7.96. The van der Waals surface area contributed by atoms with Gasteiger partial charge in [-0.25, -0.2) is 4.98 Å². The summed E-state index contributed by atoms with van der Waals surface area (Å²) < 4.78 is 1.19. The summed E-state index contributed by atoms with van der Waals surface area (Å²) in [6, 6.07) is 8.30. The van der Waals surface area contributed by atoms with Gasteiger partial charge in [-0.05, 0) is 37.8 Å². The molecule has 2 aromatic rings. The van der Waals surface area contributed by atoms with Gasteiger partial charge in [-0.3, -0.25) is 9.59 Å². The molecule has 144 valence electrons. The molecular formula is C21H27N3O2S. The van der Waals surface area contributed by atoms with Gasteiger partial charge in [0.1, 0.15) is 5.01 Å². The van der Waals surface area contributed by atoms with E-state index in [9.17, 15) is 9.59 Å². The number of carbonyl (C=O) groups is 2. The van der Waals surface area contributed by atoms with E-state index in [1.54, 1.807) is 11.3 Å². The third kappa shape index (κ3) is 3.59. The minimum absolute atomic E-state index is 0.0271. The Kier molecular flexibility index (Phi) is 5.17. The summed E-state index contributed by atoms with van der Waals surface area (Å²) in [6.07, 6.45) is 3.59. The lowest BCUT2D eigenvalue weighted by Crippen LogP contribution is -2.45. The number of rotatable bonds is 3. The molecule has 1 aromatic heterocycles. The molecule has 5 nitrogen and oxygen atoms in total. The molecule has 3 heterocycles. The standard InChI is InChI=1S/C21H27N3O2S/c1-14(2)20(25)23-12-9-15(10-13-23)21(26)24-11-5-7-17(24)19-22-16-6-3-4-8-18(16)27-19/h3-4,6,8,14-15,17H,5,7,9-13H2,1-2H3. The Bertz CT molecular complexity index is 806. The Morgan fingerprint density at radius 2 is 1.85 bits per heavy atom. The van der Waals surface area contributed by atoms with Gasteiger partial charge in [-0.15, -0.1) is 11.3 Å². The molecule has 2 aliphatic rings. The molecule has 27 heavy (non-hydrogen) atoms. The molecular weight excluding hydrogens is 358 g/mol. The fourth-order valence-corrected chi connectivity index (χ4v) is 5.38. The molecule has 0 bridgehead atoms. The lowest BCUT2D eigenvalue weighted by atomic mass is 9.94. The van der Waals surface area contributed by atoms with Crippen LogP contribution in [-0.4, -0.2) is 46.2 Å². The van der Waals surface area contributed by atoms with Gasteiger partial charge < -0.3 is 9.80 Å². The summed E-state index contributed by atoms with van der Waals surface area (Å²) in [5.41, 5.74) is 1.03. The molecule has 2 fully saturated rings. The van der Waals surface area contributed by atoms with E-state index in [0.717, 1.165) is 42.8 Å². The van der Waals surface area contributed by atoms with E-state index >= 15 is 0 Å². The van der Waals surface area contributed by atoms with Crippen molar-refractivity contribution in [3.63, 3.8) is 0 Å². The van der Waals surface area contributed by atoms with Crippen LogP contribution in [0.15, 0.2) is 24.3 Å². The Hall–Kier alpha value is -1.95. The molecule has 1 atom stereocenters. The van der Waals surface area contributed by atoms with Crippen molar-refractivity contribution in [2.45, 2.75) is 45.6 Å². The zero-order valence-electron chi connectivity index (χ0n) is 16.1. The molecule has 0 saturated carbocycles. The molecule has 6 heteroatoms. The van der Waals surface area contributed by atoms with Crippen LogP contribution >= 0.6 is 11.3 Å². The van der Waals surface area contributed by atoms with Crippen LogP contribution in [-0.2, 0) is 9.59 Å². The topological polar surface area (TPSA) is 53.5 Å². The highest BCUT2D eigenvalue weighted by molar-refractivity contribution is 7.18. The normalized spacial score (nSPS) is 21.4. The highest BCUT2D eigenvalue weighted by Crippen LogP contribution is 2.38. The number of benzene rings is 1. The number of fused-ring (bicyclic) bond motifs is 1. The van der Waals surface area contributed by atoms with Crippen molar-refractivity contribution in [1.29, 1.82) is 0 Å². The van der Waals surface area contributed by atoms with Crippen molar-refractivity contribution >= 4 is 33.4 Å². The van der Waals surface area contributed by atoms with Crippen molar-refractivity contribution in [1.82, 2.24) is 14.8 Å². The van der Waals surface area contributed by atoms with Crippen LogP contribution in [0.5, 0.6) is 0 Å². The minimum atomic E-state index is 0.0271. The molecule has 0 spiro atoms. The first kappa shape index (κ1) is 18.4. The lowest BCUT2D eigenvalue weighted by Gasteiger charge is -2.35. The highest BCUT2D eigenvalue weighted by Gasteiger charge is 2.37. The first-order valence-electron chi connectivity index (χ1n) is 9.99. The van der Waals surface area contributed by atoms with Crippen LogP contribution in [0.2, 0.25) is 0 Å². The van der Waals surface area contributed by atoms with E-state index < -0.39 is 0 Å². The van der Waals surface area contributed by atoms with Crippen molar-refractivity contribution in [2.24, 2.45) is 11.8 Å². The zero-order chi connectivity index (χ0) is 19.0. The number of para-hydroxylation sites is 1. The van der Waals surface area contributed by atoms with Crippen LogP contribution in [0.4, 0.5) is 0 Å². The van der Waals surface area contributed by atoms with Crippen LogP contribution in [0, 0.1) is 11.8 Å². The molecule has 2 saturated heterocycles. The minimum Gasteiger partial charge on any atom is -0.342 e. The van der Waals surface area contributed by atoms with Crippen molar-refractivity contribution < 1.29 is 9.59 Å². The van der Waals surface area contributed by atoms with E-state index in [1.807, 2.05) is 36.9 Å². The number of nitrogens with zero attached hydrogens (tertiary/aromatic N) is 3. The monoisotopic (exact) mass is 385 g/mol. The van der Waals surface area contributed by atoms with Gasteiger partial charge in [0, 0.05) is 31.5 Å².